The molecule has 0 unspecified atom stereocenters. The summed E-state index contributed by atoms with van der Waals surface area (Å²) in [6.07, 6.45) is 1.89. The summed E-state index contributed by atoms with van der Waals surface area (Å²) in [6.45, 7) is 4.89. The maximum Gasteiger partial charge on any atom is 0.163 e. The first-order chi connectivity index (χ1) is 11.5. The smallest absolute Gasteiger partial charge is 0.163 e. The molecule has 128 valence electrons. The van der Waals surface area contributed by atoms with E-state index in [9.17, 15) is 5.11 Å². The number of ether oxygens (including phenoxy) is 3. The van der Waals surface area contributed by atoms with E-state index in [-0.39, 0.29) is 6.10 Å². The molecule has 3 rings (SSSR count). The molecule has 0 amide bonds. The SMILES string of the molecule is CC1(C)OC[C@H](COc2ccc(CCc3ccc(O)cc3)cc2)O1. The van der Waals surface area contributed by atoms with Gasteiger partial charge in [-0.3, -0.25) is 0 Å². The highest BCUT2D eigenvalue weighted by atomic mass is 16.7. The number of phenols is 1. The highest BCUT2D eigenvalue weighted by Gasteiger charge is 2.32. The van der Waals surface area contributed by atoms with Gasteiger partial charge in [-0.1, -0.05) is 24.3 Å². The van der Waals surface area contributed by atoms with E-state index in [0.29, 0.717) is 19.0 Å². The quantitative estimate of drug-likeness (QED) is 0.878. The van der Waals surface area contributed by atoms with Crippen LogP contribution in [0.1, 0.15) is 25.0 Å². The van der Waals surface area contributed by atoms with E-state index < -0.39 is 5.79 Å². The van der Waals surface area contributed by atoms with Crippen LogP contribution in [0.15, 0.2) is 48.5 Å². The molecule has 1 aliphatic rings. The van der Waals surface area contributed by atoms with E-state index in [0.717, 1.165) is 18.6 Å². The van der Waals surface area contributed by atoms with E-state index in [4.69, 9.17) is 14.2 Å². The van der Waals surface area contributed by atoms with Gasteiger partial charge in [0.2, 0.25) is 0 Å². The Hall–Kier alpha value is -2.04. The predicted molar refractivity (Wildman–Crippen MR) is 92.4 cm³/mol. The molecule has 0 aromatic heterocycles. The van der Waals surface area contributed by atoms with Gasteiger partial charge in [0.15, 0.2) is 5.79 Å². The largest absolute Gasteiger partial charge is 0.508 e. The molecule has 0 saturated carbocycles. The highest BCUT2D eigenvalue weighted by Crippen LogP contribution is 2.23. The molecule has 1 aliphatic heterocycles. The topological polar surface area (TPSA) is 47.9 Å². The third-order valence-corrected chi connectivity index (χ3v) is 4.07. The van der Waals surface area contributed by atoms with Crippen LogP contribution in [0, 0.1) is 0 Å². The van der Waals surface area contributed by atoms with Crippen LogP contribution in [-0.2, 0) is 22.3 Å². The Labute approximate surface area is 143 Å². The summed E-state index contributed by atoms with van der Waals surface area (Å²) >= 11 is 0. The molecule has 24 heavy (non-hydrogen) atoms. The molecule has 4 nitrogen and oxygen atoms in total. The second-order valence-corrected chi connectivity index (χ2v) is 6.57. The van der Waals surface area contributed by atoms with Crippen LogP contribution in [0.5, 0.6) is 11.5 Å². The fourth-order valence-electron chi connectivity index (χ4n) is 2.74. The van der Waals surface area contributed by atoms with Gasteiger partial charge in [0, 0.05) is 0 Å². The molecular weight excluding hydrogens is 304 g/mol. The van der Waals surface area contributed by atoms with Crippen molar-refractivity contribution in [3.8, 4) is 11.5 Å². The minimum atomic E-state index is -0.508. The summed E-state index contributed by atoms with van der Waals surface area (Å²) in [5, 5.41) is 9.30. The molecule has 1 heterocycles. The minimum absolute atomic E-state index is 0.0193. The van der Waals surface area contributed by atoms with Gasteiger partial charge in [-0.15, -0.1) is 0 Å². The van der Waals surface area contributed by atoms with E-state index in [1.807, 2.05) is 38.1 Å². The molecule has 2 aromatic rings. The Balaban J connectivity index is 1.46. The molecule has 1 atom stereocenters. The lowest BCUT2D eigenvalue weighted by Crippen LogP contribution is -2.25. The van der Waals surface area contributed by atoms with Crippen molar-refractivity contribution in [1.29, 1.82) is 0 Å². The second kappa shape index (κ2) is 7.24. The summed E-state index contributed by atoms with van der Waals surface area (Å²) < 4.78 is 17.0. The lowest BCUT2D eigenvalue weighted by molar-refractivity contribution is -0.141. The third-order valence-electron chi connectivity index (χ3n) is 4.07. The van der Waals surface area contributed by atoms with Gasteiger partial charge in [-0.25, -0.2) is 0 Å². The standard InChI is InChI=1S/C20H24O4/c1-20(2)23-14-19(24-20)13-22-18-11-7-16(8-12-18)4-3-15-5-9-17(21)10-6-15/h5-12,19,21H,3-4,13-14H2,1-2H3/t19-/m0/s1. The summed E-state index contributed by atoms with van der Waals surface area (Å²) in [7, 11) is 0. The number of hydrogen-bond acceptors (Lipinski definition) is 4. The second-order valence-electron chi connectivity index (χ2n) is 6.57. The van der Waals surface area contributed by atoms with Crippen LogP contribution in [-0.4, -0.2) is 30.2 Å². The van der Waals surface area contributed by atoms with Crippen LogP contribution in [0.4, 0.5) is 0 Å². The Kier molecular flexibility index (Phi) is 5.07. The van der Waals surface area contributed by atoms with Crippen molar-refractivity contribution in [2.75, 3.05) is 13.2 Å². The summed E-state index contributed by atoms with van der Waals surface area (Å²) in [6, 6.07) is 15.5. The Morgan fingerprint density at radius 1 is 1.00 bits per heavy atom. The molecule has 1 saturated heterocycles. The number of aromatic hydroxyl groups is 1. The van der Waals surface area contributed by atoms with Gasteiger partial charge < -0.3 is 19.3 Å². The summed E-state index contributed by atoms with van der Waals surface area (Å²) in [5.41, 5.74) is 2.48. The highest BCUT2D eigenvalue weighted by molar-refractivity contribution is 5.29. The molecule has 1 N–H and O–H groups in total. The lowest BCUT2D eigenvalue weighted by atomic mass is 10.0. The number of benzene rings is 2. The van der Waals surface area contributed by atoms with E-state index >= 15 is 0 Å². The first-order valence-corrected chi connectivity index (χ1v) is 8.32. The molecule has 0 aliphatic carbocycles. The van der Waals surface area contributed by atoms with Gasteiger partial charge in [0.1, 0.15) is 24.2 Å². The first-order valence-electron chi connectivity index (χ1n) is 8.32. The normalized spacial score (nSPS) is 19.3. The fraction of sp³-hybridized carbons (Fsp3) is 0.400. The summed E-state index contributed by atoms with van der Waals surface area (Å²) in [5.74, 6) is 0.642. The van der Waals surface area contributed by atoms with Crippen molar-refractivity contribution in [2.24, 2.45) is 0 Å². The van der Waals surface area contributed by atoms with Gasteiger partial charge in [-0.2, -0.15) is 0 Å². The molecule has 0 spiro atoms. The number of rotatable bonds is 6. The van der Waals surface area contributed by atoms with Crippen molar-refractivity contribution >= 4 is 0 Å². The van der Waals surface area contributed by atoms with Crippen molar-refractivity contribution in [3.05, 3.63) is 59.7 Å². The zero-order chi connectivity index (χ0) is 17.0. The molecule has 4 heteroatoms. The molecule has 2 aromatic carbocycles. The number of hydrogen-bond donors (Lipinski definition) is 1. The van der Waals surface area contributed by atoms with Gasteiger partial charge in [0.05, 0.1) is 6.61 Å². The van der Waals surface area contributed by atoms with Crippen molar-refractivity contribution in [3.63, 3.8) is 0 Å². The minimum Gasteiger partial charge on any atom is -0.508 e. The lowest BCUT2D eigenvalue weighted by Gasteiger charge is -2.17. The zero-order valence-corrected chi connectivity index (χ0v) is 14.2. The number of aryl methyl sites for hydroxylation is 2. The maximum atomic E-state index is 9.30. The molecular formula is C20H24O4. The van der Waals surface area contributed by atoms with E-state index in [1.165, 1.54) is 11.1 Å². The van der Waals surface area contributed by atoms with E-state index in [2.05, 4.69) is 12.1 Å². The van der Waals surface area contributed by atoms with Crippen molar-refractivity contribution in [2.45, 2.75) is 38.6 Å². The van der Waals surface area contributed by atoms with Crippen molar-refractivity contribution < 1.29 is 19.3 Å². The number of phenolic OH excluding ortho intramolecular Hbond substituents is 1. The summed E-state index contributed by atoms with van der Waals surface area (Å²) in [4.78, 5) is 0. The zero-order valence-electron chi connectivity index (χ0n) is 14.2. The van der Waals surface area contributed by atoms with Gasteiger partial charge in [-0.05, 0) is 62.1 Å². The fourth-order valence-corrected chi connectivity index (χ4v) is 2.74. The van der Waals surface area contributed by atoms with Crippen LogP contribution in [0.2, 0.25) is 0 Å². The van der Waals surface area contributed by atoms with Gasteiger partial charge in [0.25, 0.3) is 0 Å². The monoisotopic (exact) mass is 328 g/mol. The predicted octanol–water partition coefficient (Wildman–Crippen LogP) is 3.71. The third kappa shape index (κ3) is 4.73. The molecule has 0 radical (unpaired) electrons. The van der Waals surface area contributed by atoms with E-state index in [1.54, 1.807) is 12.1 Å². The maximum absolute atomic E-state index is 9.30. The molecule has 0 bridgehead atoms. The average Bonchev–Trinajstić information content (AvgIpc) is 2.92. The van der Waals surface area contributed by atoms with Crippen LogP contribution in [0.25, 0.3) is 0 Å². The van der Waals surface area contributed by atoms with Crippen molar-refractivity contribution in [1.82, 2.24) is 0 Å². The average molecular weight is 328 g/mol. The first kappa shape index (κ1) is 16.8. The Morgan fingerprint density at radius 2 is 1.58 bits per heavy atom. The molecule has 1 fully saturated rings. The Morgan fingerprint density at radius 3 is 2.12 bits per heavy atom. The van der Waals surface area contributed by atoms with Crippen LogP contribution in [0.3, 0.4) is 0 Å². The van der Waals surface area contributed by atoms with Crippen LogP contribution < -0.4 is 4.74 Å². The van der Waals surface area contributed by atoms with Gasteiger partial charge >= 0.3 is 0 Å². The Bertz CT molecular complexity index is 646. The van der Waals surface area contributed by atoms with Crippen LogP contribution >= 0.6 is 0 Å².